The first-order chi connectivity index (χ1) is 9.89. The van der Waals surface area contributed by atoms with Crippen LogP contribution in [-0.4, -0.2) is 19.7 Å². The third-order valence-electron chi connectivity index (χ3n) is 3.02. The number of hydrogen-bond acceptors (Lipinski definition) is 4. The van der Waals surface area contributed by atoms with Crippen molar-refractivity contribution in [1.82, 2.24) is 14.6 Å². The Bertz CT molecular complexity index is 826. The minimum absolute atomic E-state index is 0.110. The average molecular weight is 294 g/mol. The van der Waals surface area contributed by atoms with E-state index in [1.54, 1.807) is 12.1 Å². The molecule has 3 aromatic rings. The summed E-state index contributed by atoms with van der Waals surface area (Å²) in [5, 5.41) is 13.6. The second-order valence-electron chi connectivity index (χ2n) is 4.37. The van der Waals surface area contributed by atoms with Gasteiger partial charge in [0.15, 0.2) is 5.65 Å². The fraction of sp³-hybridized carbons (Fsp3) is 0.0769. The van der Waals surface area contributed by atoms with E-state index >= 15 is 0 Å². The Morgan fingerprint density at radius 3 is 2.52 bits per heavy atom. The van der Waals surface area contributed by atoms with Crippen molar-refractivity contribution in [3.8, 4) is 17.0 Å². The number of nitrogens with zero attached hydrogens (tertiary/aromatic N) is 3. The summed E-state index contributed by atoms with van der Waals surface area (Å²) < 4.78 is 39.7. The Hall–Kier alpha value is -2.77. The largest absolute Gasteiger partial charge is 0.507 e. The van der Waals surface area contributed by atoms with E-state index in [4.69, 9.17) is 5.73 Å². The summed E-state index contributed by atoms with van der Waals surface area (Å²) >= 11 is 0. The molecule has 21 heavy (non-hydrogen) atoms. The lowest BCUT2D eigenvalue weighted by atomic mass is 10.1. The number of nitrogens with two attached hydrogens (primary N) is 1. The van der Waals surface area contributed by atoms with Crippen molar-refractivity contribution < 1.29 is 18.3 Å². The van der Waals surface area contributed by atoms with Gasteiger partial charge in [0.05, 0.1) is 18.1 Å². The van der Waals surface area contributed by atoms with Gasteiger partial charge < -0.3 is 10.8 Å². The number of hydrogen-bond donors (Lipinski definition) is 2. The van der Waals surface area contributed by atoms with Crippen LogP contribution in [0.2, 0.25) is 0 Å². The van der Waals surface area contributed by atoms with Gasteiger partial charge in [-0.25, -0.2) is 9.50 Å². The quantitative estimate of drug-likeness (QED) is 0.723. The van der Waals surface area contributed by atoms with Gasteiger partial charge in [0, 0.05) is 5.56 Å². The summed E-state index contributed by atoms with van der Waals surface area (Å²) in [4.78, 5) is 3.70. The van der Waals surface area contributed by atoms with E-state index in [2.05, 4.69) is 10.1 Å². The van der Waals surface area contributed by atoms with Gasteiger partial charge in [-0.05, 0) is 12.1 Å². The van der Waals surface area contributed by atoms with Crippen molar-refractivity contribution in [2.75, 3.05) is 5.73 Å². The number of para-hydroxylation sites is 1. The van der Waals surface area contributed by atoms with E-state index in [0.29, 0.717) is 6.20 Å². The van der Waals surface area contributed by atoms with Crippen LogP contribution in [0.1, 0.15) is 5.56 Å². The number of phenolic OH excluding ortho intramolecular Hbond substituents is 1. The van der Waals surface area contributed by atoms with E-state index in [-0.39, 0.29) is 28.3 Å². The highest BCUT2D eigenvalue weighted by atomic mass is 19.4. The highest BCUT2D eigenvalue weighted by molar-refractivity contribution is 5.78. The monoisotopic (exact) mass is 294 g/mol. The van der Waals surface area contributed by atoms with Gasteiger partial charge in [-0.15, -0.1) is 0 Å². The summed E-state index contributed by atoms with van der Waals surface area (Å²) in [5.74, 6) is -0.110. The standard InChI is InChI=1S/C13H9F3N4O/c14-13(15,16)8-5-19-20-11(9(17)6-18-12(8)20)7-3-1-2-4-10(7)21/h1-6,21H,17H2. The van der Waals surface area contributed by atoms with Gasteiger partial charge in [-0.3, -0.25) is 0 Å². The van der Waals surface area contributed by atoms with Crippen molar-refractivity contribution in [3.05, 3.63) is 42.2 Å². The molecule has 2 heterocycles. The number of rotatable bonds is 1. The predicted octanol–water partition coefficient (Wildman–Crippen LogP) is 2.70. The lowest BCUT2D eigenvalue weighted by Crippen LogP contribution is -2.07. The maximum absolute atomic E-state index is 12.9. The Labute approximate surface area is 116 Å². The number of nitrogen functional groups attached to an aromatic ring is 1. The molecule has 0 saturated heterocycles. The van der Waals surface area contributed by atoms with Crippen LogP contribution in [0.15, 0.2) is 36.7 Å². The molecule has 0 radical (unpaired) electrons. The number of aromatic hydroxyl groups is 1. The fourth-order valence-electron chi connectivity index (χ4n) is 2.09. The first kappa shape index (κ1) is 13.2. The molecule has 0 amide bonds. The summed E-state index contributed by atoms with van der Waals surface area (Å²) in [5.41, 5.74) is 5.01. The third-order valence-corrected chi connectivity index (χ3v) is 3.02. The SMILES string of the molecule is Nc1cnc2c(C(F)(F)F)cnn2c1-c1ccccc1O. The number of alkyl halides is 3. The zero-order valence-corrected chi connectivity index (χ0v) is 10.5. The smallest absolute Gasteiger partial charge is 0.421 e. The van der Waals surface area contributed by atoms with E-state index < -0.39 is 11.7 Å². The van der Waals surface area contributed by atoms with E-state index in [1.807, 2.05) is 0 Å². The molecule has 0 aliphatic heterocycles. The normalized spacial score (nSPS) is 12.0. The summed E-state index contributed by atoms with van der Waals surface area (Å²) in [6, 6.07) is 6.18. The van der Waals surface area contributed by atoms with Gasteiger partial charge >= 0.3 is 6.18 Å². The number of fused-ring (bicyclic) bond motifs is 1. The molecule has 108 valence electrons. The van der Waals surface area contributed by atoms with Crippen molar-refractivity contribution in [3.63, 3.8) is 0 Å². The number of benzene rings is 1. The molecular formula is C13H9F3N4O. The van der Waals surface area contributed by atoms with Crippen LogP contribution in [-0.2, 0) is 6.18 Å². The molecule has 0 unspecified atom stereocenters. The average Bonchev–Trinajstić information content (AvgIpc) is 2.84. The third kappa shape index (κ3) is 2.04. The molecule has 0 fully saturated rings. The Kier molecular flexibility index (Phi) is 2.75. The van der Waals surface area contributed by atoms with Gasteiger partial charge in [0.2, 0.25) is 0 Å². The molecule has 8 heteroatoms. The first-order valence-corrected chi connectivity index (χ1v) is 5.87. The van der Waals surface area contributed by atoms with E-state index in [9.17, 15) is 18.3 Å². The van der Waals surface area contributed by atoms with Crippen molar-refractivity contribution in [2.45, 2.75) is 6.18 Å². The fourth-order valence-corrected chi connectivity index (χ4v) is 2.09. The molecule has 0 aliphatic carbocycles. The van der Waals surface area contributed by atoms with Crippen LogP contribution in [0, 0.1) is 0 Å². The summed E-state index contributed by atoms with van der Waals surface area (Å²) in [7, 11) is 0. The first-order valence-electron chi connectivity index (χ1n) is 5.87. The van der Waals surface area contributed by atoms with Crippen molar-refractivity contribution >= 4 is 11.3 Å². The molecule has 2 aromatic heterocycles. The number of phenols is 1. The van der Waals surface area contributed by atoms with Crippen LogP contribution in [0.4, 0.5) is 18.9 Å². The highest BCUT2D eigenvalue weighted by Gasteiger charge is 2.35. The van der Waals surface area contributed by atoms with E-state index in [1.165, 1.54) is 12.1 Å². The molecular weight excluding hydrogens is 285 g/mol. The second-order valence-corrected chi connectivity index (χ2v) is 4.37. The molecule has 0 spiro atoms. The molecule has 0 aliphatic rings. The molecule has 0 atom stereocenters. The zero-order chi connectivity index (χ0) is 15.2. The Morgan fingerprint density at radius 1 is 1.14 bits per heavy atom. The maximum Gasteiger partial charge on any atom is 0.421 e. The Balaban J connectivity index is 2.36. The van der Waals surface area contributed by atoms with Gasteiger partial charge in [-0.2, -0.15) is 18.3 Å². The van der Waals surface area contributed by atoms with Crippen LogP contribution in [0.5, 0.6) is 5.75 Å². The predicted molar refractivity (Wildman–Crippen MR) is 69.5 cm³/mol. The number of halogens is 3. The van der Waals surface area contributed by atoms with Crippen LogP contribution < -0.4 is 5.73 Å². The van der Waals surface area contributed by atoms with Crippen molar-refractivity contribution in [2.24, 2.45) is 0 Å². The molecule has 3 N–H and O–H groups in total. The van der Waals surface area contributed by atoms with Crippen LogP contribution in [0.3, 0.4) is 0 Å². The Morgan fingerprint density at radius 2 is 1.86 bits per heavy atom. The zero-order valence-electron chi connectivity index (χ0n) is 10.5. The number of aromatic nitrogens is 3. The summed E-state index contributed by atoms with van der Waals surface area (Å²) in [6.07, 6.45) is -2.76. The molecule has 1 aromatic carbocycles. The second kappa shape index (κ2) is 4.37. The van der Waals surface area contributed by atoms with E-state index in [0.717, 1.165) is 10.7 Å². The number of anilines is 1. The lowest BCUT2D eigenvalue weighted by molar-refractivity contribution is -0.136. The lowest BCUT2D eigenvalue weighted by Gasteiger charge is -2.10. The maximum atomic E-state index is 12.9. The molecule has 0 bridgehead atoms. The minimum Gasteiger partial charge on any atom is -0.507 e. The molecule has 0 saturated carbocycles. The topological polar surface area (TPSA) is 76.4 Å². The summed E-state index contributed by atoms with van der Waals surface area (Å²) in [6.45, 7) is 0. The van der Waals surface area contributed by atoms with Gasteiger partial charge in [0.25, 0.3) is 0 Å². The van der Waals surface area contributed by atoms with Gasteiger partial charge in [-0.1, -0.05) is 12.1 Å². The molecule has 5 nitrogen and oxygen atoms in total. The van der Waals surface area contributed by atoms with Crippen molar-refractivity contribution in [1.29, 1.82) is 0 Å². The molecule has 3 rings (SSSR count). The van der Waals surface area contributed by atoms with Crippen LogP contribution in [0.25, 0.3) is 16.9 Å². The van der Waals surface area contributed by atoms with Gasteiger partial charge in [0.1, 0.15) is 17.0 Å². The van der Waals surface area contributed by atoms with Crippen LogP contribution >= 0.6 is 0 Å². The minimum atomic E-state index is -4.57. The highest BCUT2D eigenvalue weighted by Crippen LogP contribution is 2.36.